The Morgan fingerprint density at radius 1 is 1.38 bits per heavy atom. The summed E-state index contributed by atoms with van der Waals surface area (Å²) in [5.41, 5.74) is 6.69. The van der Waals surface area contributed by atoms with E-state index in [-0.39, 0.29) is 11.8 Å². The van der Waals surface area contributed by atoms with Gasteiger partial charge in [-0.1, -0.05) is 19.1 Å². The van der Waals surface area contributed by atoms with Gasteiger partial charge in [-0.15, -0.1) is 0 Å². The van der Waals surface area contributed by atoms with Gasteiger partial charge in [0.25, 0.3) is 0 Å². The van der Waals surface area contributed by atoms with Crippen LogP contribution in [0.25, 0.3) is 0 Å². The average Bonchev–Trinajstić information content (AvgIpc) is 3.34. The predicted molar refractivity (Wildman–Crippen MR) is 84.0 cm³/mol. The maximum absolute atomic E-state index is 12.6. The van der Waals surface area contributed by atoms with Gasteiger partial charge in [-0.3, -0.25) is 4.79 Å². The number of carbonyl (C=O) groups excluding carboxylic acids is 1. The van der Waals surface area contributed by atoms with Crippen molar-refractivity contribution in [2.24, 2.45) is 11.7 Å². The van der Waals surface area contributed by atoms with Gasteiger partial charge in [-0.2, -0.15) is 0 Å². The molecule has 1 atom stereocenters. The number of benzene rings is 1. The monoisotopic (exact) mass is 290 g/mol. The number of hydrogen-bond donors (Lipinski definition) is 1. The molecular weight excluding hydrogens is 264 g/mol. The molecule has 116 valence electrons. The van der Waals surface area contributed by atoms with Gasteiger partial charge in [0.05, 0.1) is 7.11 Å². The molecule has 1 aromatic carbocycles. The lowest BCUT2D eigenvalue weighted by molar-refractivity contribution is -0.136. The Morgan fingerprint density at radius 2 is 2.05 bits per heavy atom. The lowest BCUT2D eigenvalue weighted by Crippen LogP contribution is -2.36. The zero-order valence-corrected chi connectivity index (χ0v) is 13.0. The van der Waals surface area contributed by atoms with Crippen LogP contribution in [0.5, 0.6) is 5.75 Å². The molecule has 0 aliphatic heterocycles. The summed E-state index contributed by atoms with van der Waals surface area (Å²) in [6.07, 6.45) is 4.05. The Kier molecular flexibility index (Phi) is 5.62. The molecule has 0 saturated heterocycles. The SMILES string of the molecule is COc1ccc(CN(C(=O)C(C)CCCN)C2CC2)cc1. The summed E-state index contributed by atoms with van der Waals surface area (Å²) in [4.78, 5) is 14.7. The van der Waals surface area contributed by atoms with Crippen molar-refractivity contribution in [2.75, 3.05) is 13.7 Å². The third-order valence-corrected chi connectivity index (χ3v) is 4.05. The van der Waals surface area contributed by atoms with Crippen molar-refractivity contribution in [2.45, 2.75) is 45.2 Å². The summed E-state index contributed by atoms with van der Waals surface area (Å²) in [6.45, 7) is 3.36. The summed E-state index contributed by atoms with van der Waals surface area (Å²) in [7, 11) is 1.66. The predicted octanol–water partition coefficient (Wildman–Crippen LogP) is 2.56. The highest BCUT2D eigenvalue weighted by Gasteiger charge is 2.34. The Morgan fingerprint density at radius 3 is 2.57 bits per heavy atom. The van der Waals surface area contributed by atoms with Crippen molar-refractivity contribution in [1.29, 1.82) is 0 Å². The van der Waals surface area contributed by atoms with Gasteiger partial charge in [0.1, 0.15) is 5.75 Å². The van der Waals surface area contributed by atoms with Gasteiger partial charge in [0.15, 0.2) is 0 Å². The molecule has 1 aliphatic rings. The Hall–Kier alpha value is -1.55. The van der Waals surface area contributed by atoms with Gasteiger partial charge in [-0.25, -0.2) is 0 Å². The van der Waals surface area contributed by atoms with Crippen LogP contribution in [0.4, 0.5) is 0 Å². The molecule has 0 heterocycles. The average molecular weight is 290 g/mol. The Bertz CT molecular complexity index is 454. The highest BCUT2D eigenvalue weighted by Crippen LogP contribution is 2.30. The first-order valence-corrected chi connectivity index (χ1v) is 7.79. The highest BCUT2D eigenvalue weighted by atomic mass is 16.5. The van der Waals surface area contributed by atoms with Gasteiger partial charge in [0, 0.05) is 18.5 Å². The highest BCUT2D eigenvalue weighted by molar-refractivity contribution is 5.79. The van der Waals surface area contributed by atoms with E-state index in [4.69, 9.17) is 10.5 Å². The molecule has 1 amide bonds. The second kappa shape index (κ2) is 7.46. The molecule has 0 bridgehead atoms. The number of nitrogens with zero attached hydrogens (tertiary/aromatic N) is 1. The fourth-order valence-electron chi connectivity index (χ4n) is 2.53. The fraction of sp³-hybridized carbons (Fsp3) is 0.588. The van der Waals surface area contributed by atoms with E-state index >= 15 is 0 Å². The largest absolute Gasteiger partial charge is 0.497 e. The Balaban J connectivity index is 1.99. The van der Waals surface area contributed by atoms with Crippen molar-refractivity contribution in [3.8, 4) is 5.75 Å². The molecule has 0 radical (unpaired) electrons. The summed E-state index contributed by atoms with van der Waals surface area (Å²) in [6, 6.07) is 8.39. The molecular formula is C17H26N2O2. The molecule has 1 fully saturated rings. The van der Waals surface area contributed by atoms with Crippen LogP contribution in [0.1, 0.15) is 38.2 Å². The maximum Gasteiger partial charge on any atom is 0.225 e. The summed E-state index contributed by atoms with van der Waals surface area (Å²) in [5.74, 6) is 1.17. The zero-order chi connectivity index (χ0) is 15.2. The number of hydrogen-bond acceptors (Lipinski definition) is 3. The molecule has 21 heavy (non-hydrogen) atoms. The number of nitrogens with two attached hydrogens (primary N) is 1. The topological polar surface area (TPSA) is 55.6 Å². The second-order valence-electron chi connectivity index (χ2n) is 5.88. The van der Waals surface area contributed by atoms with Gasteiger partial charge < -0.3 is 15.4 Å². The van der Waals surface area contributed by atoms with Gasteiger partial charge >= 0.3 is 0 Å². The second-order valence-corrected chi connectivity index (χ2v) is 5.88. The number of ether oxygens (including phenoxy) is 1. The molecule has 2 N–H and O–H groups in total. The van der Waals surface area contributed by atoms with Crippen LogP contribution in [0.15, 0.2) is 24.3 Å². The molecule has 1 saturated carbocycles. The van der Waals surface area contributed by atoms with E-state index in [0.29, 0.717) is 19.1 Å². The van der Waals surface area contributed by atoms with E-state index in [2.05, 4.69) is 0 Å². The molecule has 0 aromatic heterocycles. The number of methoxy groups -OCH3 is 1. The third-order valence-electron chi connectivity index (χ3n) is 4.05. The van der Waals surface area contributed by atoms with Crippen LogP contribution in [0.3, 0.4) is 0 Å². The van der Waals surface area contributed by atoms with E-state index in [0.717, 1.165) is 37.0 Å². The van der Waals surface area contributed by atoms with E-state index < -0.39 is 0 Å². The smallest absolute Gasteiger partial charge is 0.225 e. The Labute approximate surface area is 127 Å². The van der Waals surface area contributed by atoms with Crippen LogP contribution in [0.2, 0.25) is 0 Å². The van der Waals surface area contributed by atoms with Gasteiger partial charge in [-0.05, 0) is 49.9 Å². The lowest BCUT2D eigenvalue weighted by atomic mass is 10.0. The zero-order valence-electron chi connectivity index (χ0n) is 13.0. The van der Waals surface area contributed by atoms with Crippen molar-refractivity contribution in [3.05, 3.63) is 29.8 Å². The molecule has 1 unspecified atom stereocenters. The number of amides is 1. The van der Waals surface area contributed by atoms with Crippen LogP contribution in [-0.2, 0) is 11.3 Å². The molecule has 1 aliphatic carbocycles. The summed E-state index contributed by atoms with van der Waals surface area (Å²) < 4.78 is 5.17. The van der Waals surface area contributed by atoms with E-state index in [1.807, 2.05) is 36.1 Å². The van der Waals surface area contributed by atoms with E-state index in [1.54, 1.807) is 7.11 Å². The van der Waals surface area contributed by atoms with E-state index in [9.17, 15) is 4.79 Å². The summed E-state index contributed by atoms with van der Waals surface area (Å²) >= 11 is 0. The number of carbonyl (C=O) groups is 1. The first-order chi connectivity index (χ1) is 10.2. The quantitative estimate of drug-likeness (QED) is 0.800. The van der Waals surface area contributed by atoms with Crippen molar-refractivity contribution in [3.63, 3.8) is 0 Å². The standard InChI is InChI=1S/C17H26N2O2/c1-13(4-3-11-18)17(20)19(15-7-8-15)12-14-5-9-16(21-2)10-6-14/h5-6,9-10,13,15H,3-4,7-8,11-12,18H2,1-2H3. The molecule has 0 spiro atoms. The minimum absolute atomic E-state index is 0.0624. The van der Waals surface area contributed by atoms with Crippen molar-refractivity contribution < 1.29 is 9.53 Å². The molecule has 4 nitrogen and oxygen atoms in total. The first-order valence-electron chi connectivity index (χ1n) is 7.79. The third kappa shape index (κ3) is 4.46. The fourth-order valence-corrected chi connectivity index (χ4v) is 2.53. The van der Waals surface area contributed by atoms with Crippen LogP contribution >= 0.6 is 0 Å². The van der Waals surface area contributed by atoms with Crippen molar-refractivity contribution >= 4 is 5.91 Å². The van der Waals surface area contributed by atoms with Crippen LogP contribution in [0, 0.1) is 5.92 Å². The molecule has 4 heteroatoms. The van der Waals surface area contributed by atoms with Gasteiger partial charge in [0.2, 0.25) is 5.91 Å². The number of rotatable bonds is 8. The summed E-state index contributed by atoms with van der Waals surface area (Å²) in [5, 5.41) is 0. The molecule has 2 rings (SSSR count). The minimum atomic E-state index is 0.0624. The lowest BCUT2D eigenvalue weighted by Gasteiger charge is -2.26. The van der Waals surface area contributed by atoms with Crippen molar-refractivity contribution in [1.82, 2.24) is 4.90 Å². The first kappa shape index (κ1) is 15.8. The van der Waals surface area contributed by atoms with Crippen LogP contribution < -0.4 is 10.5 Å². The normalized spacial score (nSPS) is 15.6. The van der Waals surface area contributed by atoms with Crippen LogP contribution in [-0.4, -0.2) is 30.5 Å². The minimum Gasteiger partial charge on any atom is -0.497 e. The van der Waals surface area contributed by atoms with E-state index in [1.165, 1.54) is 0 Å². The molecule has 1 aromatic rings. The maximum atomic E-state index is 12.6.